The quantitative estimate of drug-likeness (QED) is 0.728. The van der Waals surface area contributed by atoms with Gasteiger partial charge in [-0.15, -0.1) is 0 Å². The van der Waals surface area contributed by atoms with E-state index in [0.717, 1.165) is 36.5 Å². The van der Waals surface area contributed by atoms with Crippen molar-refractivity contribution in [2.45, 2.75) is 37.8 Å². The van der Waals surface area contributed by atoms with Crippen molar-refractivity contribution in [3.05, 3.63) is 54.1 Å². The molecule has 7 nitrogen and oxygen atoms in total. The van der Waals surface area contributed by atoms with Gasteiger partial charge in [0.05, 0.1) is 5.69 Å². The average molecular weight is 376 g/mol. The van der Waals surface area contributed by atoms with Crippen LogP contribution in [0.3, 0.4) is 0 Å². The fraction of sp³-hybridized carbons (Fsp3) is 0.381. The smallest absolute Gasteiger partial charge is 0.166 e. The van der Waals surface area contributed by atoms with Gasteiger partial charge in [0.15, 0.2) is 11.6 Å². The summed E-state index contributed by atoms with van der Waals surface area (Å²) in [5, 5.41) is 8.33. The highest BCUT2D eigenvalue weighted by atomic mass is 16.5. The van der Waals surface area contributed by atoms with Crippen LogP contribution in [-0.2, 0) is 12.0 Å². The Morgan fingerprint density at radius 1 is 1.29 bits per heavy atom. The van der Waals surface area contributed by atoms with Gasteiger partial charge in [0.1, 0.15) is 6.10 Å². The lowest BCUT2D eigenvalue weighted by molar-refractivity contribution is 0.227. The number of fused-ring (bicyclic) bond motifs is 2. The highest BCUT2D eigenvalue weighted by molar-refractivity contribution is 5.64. The van der Waals surface area contributed by atoms with Crippen molar-refractivity contribution in [3.8, 4) is 17.0 Å². The molecule has 1 fully saturated rings. The van der Waals surface area contributed by atoms with Gasteiger partial charge in [-0.25, -0.2) is 4.98 Å². The number of hydrogen-bond donors (Lipinski definition) is 2. The van der Waals surface area contributed by atoms with Gasteiger partial charge in [0.2, 0.25) is 0 Å². The van der Waals surface area contributed by atoms with E-state index in [0.29, 0.717) is 11.6 Å². The third-order valence-corrected chi connectivity index (χ3v) is 6.00. The summed E-state index contributed by atoms with van der Waals surface area (Å²) >= 11 is 0. The number of pyridine rings is 2. The van der Waals surface area contributed by atoms with Crippen LogP contribution in [0, 0.1) is 0 Å². The molecule has 3 aromatic heterocycles. The second kappa shape index (κ2) is 6.60. The van der Waals surface area contributed by atoms with Crippen molar-refractivity contribution in [1.82, 2.24) is 25.1 Å². The molecule has 0 aromatic carbocycles. The van der Waals surface area contributed by atoms with E-state index >= 15 is 0 Å². The van der Waals surface area contributed by atoms with Crippen LogP contribution >= 0.6 is 0 Å². The minimum absolute atomic E-state index is 0.173. The van der Waals surface area contributed by atoms with Crippen LogP contribution in [-0.4, -0.2) is 32.8 Å². The molecule has 0 unspecified atom stereocenters. The Hall–Kier alpha value is -2.93. The Labute approximate surface area is 164 Å². The van der Waals surface area contributed by atoms with Gasteiger partial charge >= 0.3 is 0 Å². The molecule has 3 aromatic rings. The number of hydrogen-bond acceptors (Lipinski definition) is 6. The highest BCUT2D eigenvalue weighted by Gasteiger charge is 2.42. The van der Waals surface area contributed by atoms with Gasteiger partial charge in [0.25, 0.3) is 0 Å². The molecule has 2 atom stereocenters. The number of aromatic nitrogens is 4. The minimum Gasteiger partial charge on any atom is -0.482 e. The van der Waals surface area contributed by atoms with Crippen LogP contribution in [0.4, 0.5) is 5.82 Å². The maximum Gasteiger partial charge on any atom is 0.166 e. The Morgan fingerprint density at radius 3 is 3.00 bits per heavy atom. The number of nitrogens with one attached hydrogen (secondary N) is 1. The van der Waals surface area contributed by atoms with Crippen LogP contribution in [0.15, 0.2) is 42.9 Å². The molecule has 3 N–H and O–H groups in total. The molecular weight excluding hydrogens is 352 g/mol. The van der Waals surface area contributed by atoms with Crippen LogP contribution in [0.25, 0.3) is 11.3 Å². The molecule has 0 saturated carbocycles. The fourth-order valence-electron chi connectivity index (χ4n) is 4.34. The molecule has 28 heavy (non-hydrogen) atoms. The Balaban J connectivity index is 1.44. The van der Waals surface area contributed by atoms with Crippen LogP contribution in [0.5, 0.6) is 5.75 Å². The molecule has 1 spiro atoms. The topological polar surface area (TPSA) is 90.9 Å². The van der Waals surface area contributed by atoms with E-state index in [4.69, 9.17) is 15.6 Å². The Morgan fingerprint density at radius 2 is 2.21 bits per heavy atom. The second-order valence-electron chi connectivity index (χ2n) is 7.75. The first-order valence-corrected chi connectivity index (χ1v) is 9.76. The summed E-state index contributed by atoms with van der Waals surface area (Å²) in [5.41, 5.74) is 10.5. The van der Waals surface area contributed by atoms with Crippen molar-refractivity contribution in [2.75, 3.05) is 18.8 Å². The number of ether oxygens (including phenoxy) is 1. The summed E-state index contributed by atoms with van der Waals surface area (Å²) in [4.78, 5) is 8.50. The molecule has 2 aliphatic heterocycles. The van der Waals surface area contributed by atoms with Crippen molar-refractivity contribution in [2.24, 2.45) is 0 Å². The fourth-order valence-corrected chi connectivity index (χ4v) is 4.34. The molecular formula is C21H24N6O. The predicted octanol–water partition coefficient (Wildman–Crippen LogP) is 2.70. The molecule has 7 heteroatoms. The minimum atomic E-state index is -0.173. The zero-order valence-electron chi connectivity index (χ0n) is 15.9. The first kappa shape index (κ1) is 17.2. The lowest BCUT2D eigenvalue weighted by Crippen LogP contribution is -2.25. The molecule has 144 valence electrons. The summed E-state index contributed by atoms with van der Waals surface area (Å²) < 4.78 is 8.24. The lowest BCUT2D eigenvalue weighted by Gasteiger charge is -2.20. The maximum absolute atomic E-state index is 6.09. The van der Waals surface area contributed by atoms with Gasteiger partial charge in [-0.05, 0) is 44.5 Å². The third kappa shape index (κ3) is 2.82. The number of nitrogens with zero attached hydrogens (tertiary/aromatic N) is 4. The molecule has 1 saturated heterocycles. The zero-order chi connectivity index (χ0) is 19.1. The van der Waals surface area contributed by atoms with Crippen molar-refractivity contribution in [1.29, 1.82) is 0 Å². The van der Waals surface area contributed by atoms with Gasteiger partial charge in [0, 0.05) is 53.9 Å². The third-order valence-electron chi connectivity index (χ3n) is 6.00. The van der Waals surface area contributed by atoms with Crippen LogP contribution < -0.4 is 15.8 Å². The number of nitrogen functional groups attached to an aromatic ring is 1. The van der Waals surface area contributed by atoms with Crippen molar-refractivity contribution >= 4 is 5.82 Å². The van der Waals surface area contributed by atoms with E-state index in [1.165, 1.54) is 18.5 Å². The zero-order valence-corrected chi connectivity index (χ0v) is 15.9. The molecule has 2 aliphatic rings. The van der Waals surface area contributed by atoms with E-state index in [9.17, 15) is 0 Å². The normalized spacial score (nSPS) is 21.8. The largest absolute Gasteiger partial charge is 0.482 e. The monoisotopic (exact) mass is 376 g/mol. The van der Waals surface area contributed by atoms with Gasteiger partial charge in [-0.1, -0.05) is 6.07 Å². The molecule has 5 rings (SSSR count). The van der Waals surface area contributed by atoms with E-state index < -0.39 is 0 Å². The SMILES string of the molecule is C[C@@H](Oc1cc(-c2cc3n(n2)CC[C@@]32CCNC2)cnc1N)c1cccnc1. The number of rotatable bonds is 4. The Kier molecular flexibility index (Phi) is 4.05. The summed E-state index contributed by atoms with van der Waals surface area (Å²) in [7, 11) is 0. The average Bonchev–Trinajstić information content (AvgIpc) is 3.43. The van der Waals surface area contributed by atoms with Crippen molar-refractivity contribution in [3.63, 3.8) is 0 Å². The highest BCUT2D eigenvalue weighted by Crippen LogP contribution is 2.41. The first-order valence-electron chi connectivity index (χ1n) is 9.76. The van der Waals surface area contributed by atoms with Gasteiger partial charge in [-0.3, -0.25) is 9.67 Å². The van der Waals surface area contributed by atoms with Crippen LogP contribution in [0.1, 0.15) is 37.1 Å². The standard InChI is InChI=1S/C21H24N6O/c1-14(15-3-2-6-23-11-15)28-18-9-16(12-25-20(18)22)17-10-19-21(4-7-24-13-21)5-8-27(19)26-17/h2-3,6,9-12,14,24H,4-5,7-8,13H2,1H3,(H2,22,25)/t14-,21-/m1/s1. The predicted molar refractivity (Wildman–Crippen MR) is 107 cm³/mol. The lowest BCUT2D eigenvalue weighted by atomic mass is 9.82. The van der Waals surface area contributed by atoms with E-state index in [-0.39, 0.29) is 11.5 Å². The summed E-state index contributed by atoms with van der Waals surface area (Å²) in [6.45, 7) is 5.06. The van der Waals surface area contributed by atoms with E-state index in [2.05, 4.69) is 26.0 Å². The molecule has 0 aliphatic carbocycles. The molecule has 0 bridgehead atoms. The summed E-state index contributed by atoms with van der Waals surface area (Å²) in [5.74, 6) is 0.946. The summed E-state index contributed by atoms with van der Waals surface area (Å²) in [6, 6.07) is 8.03. The second-order valence-corrected chi connectivity index (χ2v) is 7.75. The van der Waals surface area contributed by atoms with E-state index in [1.54, 1.807) is 18.6 Å². The molecule has 5 heterocycles. The Bertz CT molecular complexity index is 993. The van der Waals surface area contributed by atoms with Crippen molar-refractivity contribution < 1.29 is 4.74 Å². The van der Waals surface area contributed by atoms with Gasteiger partial charge < -0.3 is 15.8 Å². The number of nitrogens with two attached hydrogens (primary N) is 1. The molecule has 0 amide bonds. The van der Waals surface area contributed by atoms with E-state index in [1.807, 2.05) is 25.1 Å². The number of anilines is 1. The van der Waals surface area contributed by atoms with Crippen LogP contribution in [0.2, 0.25) is 0 Å². The first-order chi connectivity index (χ1) is 13.6. The summed E-state index contributed by atoms with van der Waals surface area (Å²) in [6.07, 6.45) is 7.49. The molecule has 0 radical (unpaired) electrons. The number of aryl methyl sites for hydroxylation is 1. The van der Waals surface area contributed by atoms with Gasteiger partial charge in [-0.2, -0.15) is 5.10 Å². The maximum atomic E-state index is 6.09.